The summed E-state index contributed by atoms with van der Waals surface area (Å²) in [6, 6.07) is 16.2. The summed E-state index contributed by atoms with van der Waals surface area (Å²) in [6.07, 6.45) is 0.0365. The Morgan fingerprint density at radius 2 is 1.75 bits per heavy atom. The minimum absolute atomic E-state index is 0.123. The number of halogens is 1. The van der Waals surface area contributed by atoms with Gasteiger partial charge >= 0.3 is 0 Å². The summed E-state index contributed by atoms with van der Waals surface area (Å²) in [6.45, 7) is 0. The molecule has 1 unspecified atom stereocenters. The molecule has 3 nitrogen and oxygen atoms in total. The van der Waals surface area contributed by atoms with E-state index in [9.17, 15) is 9.90 Å². The normalized spacial score (nSPS) is 11.9. The third-order valence-electron chi connectivity index (χ3n) is 2.96. The van der Waals surface area contributed by atoms with Gasteiger partial charge in [0, 0.05) is 17.1 Å². The molecule has 104 valence electrons. The number of carbonyl (C=O) groups is 1. The molecule has 0 aromatic heterocycles. The number of aliphatic hydroxyl groups excluding tert-OH is 1. The average molecular weight is 290 g/mol. The van der Waals surface area contributed by atoms with Crippen LogP contribution in [0.15, 0.2) is 54.6 Å². The number of rotatable bonds is 5. The second-order valence-corrected chi connectivity index (χ2v) is 4.96. The molecule has 2 rings (SSSR count). The zero-order valence-electron chi connectivity index (χ0n) is 10.9. The smallest absolute Gasteiger partial charge is 0.224 e. The Labute approximate surface area is 123 Å². The van der Waals surface area contributed by atoms with E-state index in [1.807, 2.05) is 30.3 Å². The third kappa shape index (κ3) is 4.37. The van der Waals surface area contributed by atoms with Gasteiger partial charge in [-0.1, -0.05) is 41.9 Å². The second-order valence-electron chi connectivity index (χ2n) is 4.52. The summed E-state index contributed by atoms with van der Waals surface area (Å²) < 4.78 is 0. The zero-order chi connectivity index (χ0) is 14.4. The van der Waals surface area contributed by atoms with Crippen molar-refractivity contribution in [2.45, 2.75) is 18.9 Å². The number of hydrogen-bond acceptors (Lipinski definition) is 2. The molecule has 1 atom stereocenters. The molecule has 1 amide bonds. The quantitative estimate of drug-likeness (QED) is 0.880. The van der Waals surface area contributed by atoms with Gasteiger partial charge in [-0.05, 0) is 36.2 Å². The molecule has 2 aromatic carbocycles. The Balaban J connectivity index is 1.82. The SMILES string of the molecule is O=C(CCC(O)c1ccccc1)Nc1ccc(Cl)cc1. The maximum absolute atomic E-state index is 11.8. The van der Waals surface area contributed by atoms with Crippen LogP contribution < -0.4 is 5.32 Å². The lowest BCUT2D eigenvalue weighted by molar-refractivity contribution is -0.116. The number of benzene rings is 2. The summed E-state index contributed by atoms with van der Waals surface area (Å²) in [5, 5.41) is 13.4. The summed E-state index contributed by atoms with van der Waals surface area (Å²) in [5.41, 5.74) is 1.53. The Kier molecular flexibility index (Phi) is 5.16. The Bertz CT molecular complexity index is 554. The molecule has 0 aliphatic carbocycles. The first-order valence-corrected chi connectivity index (χ1v) is 6.81. The van der Waals surface area contributed by atoms with Gasteiger partial charge in [-0.25, -0.2) is 0 Å². The van der Waals surface area contributed by atoms with Crippen LogP contribution in [0.3, 0.4) is 0 Å². The first-order chi connectivity index (χ1) is 9.65. The highest BCUT2D eigenvalue weighted by molar-refractivity contribution is 6.30. The van der Waals surface area contributed by atoms with Gasteiger partial charge in [-0.15, -0.1) is 0 Å². The molecule has 4 heteroatoms. The zero-order valence-corrected chi connectivity index (χ0v) is 11.7. The molecule has 0 bridgehead atoms. The molecular weight excluding hydrogens is 274 g/mol. The predicted octanol–water partition coefficient (Wildman–Crippen LogP) is 3.79. The van der Waals surface area contributed by atoms with E-state index in [0.29, 0.717) is 17.1 Å². The number of anilines is 1. The lowest BCUT2D eigenvalue weighted by atomic mass is 10.0. The average Bonchev–Trinajstić information content (AvgIpc) is 2.48. The van der Waals surface area contributed by atoms with Crippen molar-refractivity contribution in [2.75, 3.05) is 5.32 Å². The fraction of sp³-hybridized carbons (Fsp3) is 0.188. The fourth-order valence-electron chi connectivity index (χ4n) is 1.87. The lowest BCUT2D eigenvalue weighted by Gasteiger charge is -2.11. The maximum Gasteiger partial charge on any atom is 0.224 e. The van der Waals surface area contributed by atoms with Gasteiger partial charge < -0.3 is 10.4 Å². The summed E-state index contributed by atoms with van der Waals surface area (Å²) in [7, 11) is 0. The molecule has 0 heterocycles. The molecule has 0 radical (unpaired) electrons. The van der Waals surface area contributed by atoms with Gasteiger partial charge in [0.25, 0.3) is 0 Å². The standard InChI is InChI=1S/C16H16ClNO2/c17-13-6-8-14(9-7-13)18-16(20)11-10-15(19)12-4-2-1-3-5-12/h1-9,15,19H,10-11H2,(H,18,20). The predicted molar refractivity (Wildman–Crippen MR) is 80.7 cm³/mol. The van der Waals surface area contributed by atoms with Crippen molar-refractivity contribution in [3.05, 3.63) is 65.2 Å². The number of carbonyl (C=O) groups excluding carboxylic acids is 1. The number of hydrogen-bond donors (Lipinski definition) is 2. The summed E-state index contributed by atoms with van der Waals surface area (Å²) in [4.78, 5) is 11.8. The van der Waals surface area contributed by atoms with Crippen LogP contribution in [0, 0.1) is 0 Å². The molecule has 0 aliphatic rings. The van der Waals surface area contributed by atoms with Crippen LogP contribution in [0.4, 0.5) is 5.69 Å². The third-order valence-corrected chi connectivity index (χ3v) is 3.21. The van der Waals surface area contributed by atoms with Crippen LogP contribution in [-0.2, 0) is 4.79 Å². The molecule has 2 aromatic rings. The molecule has 20 heavy (non-hydrogen) atoms. The molecule has 0 fully saturated rings. The van der Waals surface area contributed by atoms with E-state index in [4.69, 9.17) is 11.6 Å². The van der Waals surface area contributed by atoms with Crippen molar-refractivity contribution in [1.82, 2.24) is 0 Å². The van der Waals surface area contributed by atoms with Crippen LogP contribution >= 0.6 is 11.6 Å². The van der Waals surface area contributed by atoms with Gasteiger partial charge in [0.2, 0.25) is 5.91 Å². The van der Waals surface area contributed by atoms with E-state index in [2.05, 4.69) is 5.32 Å². The second kappa shape index (κ2) is 7.08. The van der Waals surface area contributed by atoms with E-state index >= 15 is 0 Å². The lowest BCUT2D eigenvalue weighted by Crippen LogP contribution is -2.12. The largest absolute Gasteiger partial charge is 0.388 e. The molecular formula is C16H16ClNO2. The molecule has 0 aliphatic heterocycles. The first kappa shape index (κ1) is 14.6. The van der Waals surface area contributed by atoms with Gasteiger partial charge in [0.1, 0.15) is 0 Å². The summed E-state index contributed by atoms with van der Waals surface area (Å²) in [5.74, 6) is -0.123. The fourth-order valence-corrected chi connectivity index (χ4v) is 1.99. The number of nitrogens with one attached hydrogen (secondary N) is 1. The number of aliphatic hydroxyl groups is 1. The first-order valence-electron chi connectivity index (χ1n) is 6.43. The van der Waals surface area contributed by atoms with Crippen molar-refractivity contribution in [3.63, 3.8) is 0 Å². The number of amides is 1. The van der Waals surface area contributed by atoms with E-state index in [-0.39, 0.29) is 12.3 Å². The van der Waals surface area contributed by atoms with Gasteiger partial charge in [0.05, 0.1) is 6.10 Å². The minimum Gasteiger partial charge on any atom is -0.388 e. The van der Waals surface area contributed by atoms with E-state index < -0.39 is 6.10 Å². The van der Waals surface area contributed by atoms with Crippen LogP contribution in [0.5, 0.6) is 0 Å². The van der Waals surface area contributed by atoms with E-state index in [1.165, 1.54) is 0 Å². The van der Waals surface area contributed by atoms with Gasteiger partial charge in [-0.3, -0.25) is 4.79 Å². The Morgan fingerprint density at radius 1 is 1.10 bits per heavy atom. The molecule has 0 spiro atoms. The highest BCUT2D eigenvalue weighted by Crippen LogP contribution is 2.18. The van der Waals surface area contributed by atoms with Crippen LogP contribution in [0.1, 0.15) is 24.5 Å². The van der Waals surface area contributed by atoms with Crippen molar-refractivity contribution < 1.29 is 9.90 Å². The van der Waals surface area contributed by atoms with E-state index in [0.717, 1.165) is 5.56 Å². The highest BCUT2D eigenvalue weighted by Gasteiger charge is 2.10. The highest BCUT2D eigenvalue weighted by atomic mass is 35.5. The van der Waals surface area contributed by atoms with Crippen molar-refractivity contribution in [2.24, 2.45) is 0 Å². The van der Waals surface area contributed by atoms with Crippen molar-refractivity contribution in [3.8, 4) is 0 Å². The van der Waals surface area contributed by atoms with Crippen LogP contribution in [0.25, 0.3) is 0 Å². The minimum atomic E-state index is -0.618. The summed E-state index contributed by atoms with van der Waals surface area (Å²) >= 11 is 5.77. The molecule has 0 saturated carbocycles. The topological polar surface area (TPSA) is 49.3 Å². The monoisotopic (exact) mass is 289 g/mol. The van der Waals surface area contributed by atoms with Crippen LogP contribution in [-0.4, -0.2) is 11.0 Å². The Morgan fingerprint density at radius 3 is 2.40 bits per heavy atom. The molecule has 2 N–H and O–H groups in total. The maximum atomic E-state index is 11.8. The van der Waals surface area contributed by atoms with Crippen molar-refractivity contribution >= 4 is 23.2 Å². The van der Waals surface area contributed by atoms with Crippen molar-refractivity contribution in [1.29, 1.82) is 0 Å². The van der Waals surface area contributed by atoms with Crippen LogP contribution in [0.2, 0.25) is 5.02 Å². The van der Waals surface area contributed by atoms with Gasteiger partial charge in [-0.2, -0.15) is 0 Å². The Hall–Kier alpha value is -1.84. The van der Waals surface area contributed by atoms with Gasteiger partial charge in [0.15, 0.2) is 0 Å². The van der Waals surface area contributed by atoms with E-state index in [1.54, 1.807) is 24.3 Å². The molecule has 0 saturated heterocycles.